The van der Waals surface area contributed by atoms with Gasteiger partial charge in [0.25, 0.3) is 10.9 Å². The summed E-state index contributed by atoms with van der Waals surface area (Å²) in [6, 6.07) is 21.2. The summed E-state index contributed by atoms with van der Waals surface area (Å²) in [7, 11) is 4.09. The van der Waals surface area contributed by atoms with Crippen molar-refractivity contribution in [1.82, 2.24) is 4.90 Å². The first kappa shape index (κ1) is 52.2. The fraction of sp³-hybridized carbons (Fsp3) is 0.413. The summed E-state index contributed by atoms with van der Waals surface area (Å²) in [6.45, 7) is 10.2. The predicted molar refractivity (Wildman–Crippen MR) is 233 cm³/mol. The largest absolute Gasteiger partial charge is 0.542 e. The Hall–Kier alpha value is -6.17. The van der Waals surface area contributed by atoms with Gasteiger partial charge in [0.05, 0.1) is 6.61 Å². The van der Waals surface area contributed by atoms with Crippen molar-refractivity contribution in [2.75, 3.05) is 62.4 Å². The number of allylic oxidation sites excluding steroid dienone is 2. The summed E-state index contributed by atoms with van der Waals surface area (Å²) >= 11 is 0. The zero-order valence-electron chi connectivity index (χ0n) is 36.3. The molecular formula is C46H55F6N5O7. The summed E-state index contributed by atoms with van der Waals surface area (Å²) < 4.78 is 71.6. The highest BCUT2D eigenvalue weighted by atomic mass is 19.4. The molecule has 1 aliphatic rings. The van der Waals surface area contributed by atoms with Crippen molar-refractivity contribution < 1.29 is 55.4 Å². The molecule has 2 heterocycles. The van der Waals surface area contributed by atoms with E-state index in [1.807, 2.05) is 20.2 Å². The summed E-state index contributed by atoms with van der Waals surface area (Å²) in [4.78, 5) is 46.8. The topological polar surface area (TPSA) is 155 Å². The zero-order chi connectivity index (χ0) is 47.5. The molecule has 12 nitrogen and oxygen atoms in total. The maximum Gasteiger partial charge on any atom is 0.490 e. The number of hydrogen-bond donors (Lipinski definition) is 3. The summed E-state index contributed by atoms with van der Waals surface area (Å²) in [6.07, 6.45) is 4.60. The van der Waals surface area contributed by atoms with E-state index in [2.05, 4.69) is 118 Å². The van der Waals surface area contributed by atoms with Crippen molar-refractivity contribution in [3.05, 3.63) is 121 Å². The Labute approximate surface area is 368 Å². The fourth-order valence-electron chi connectivity index (χ4n) is 6.55. The maximum absolute atomic E-state index is 12.3. The molecule has 0 atom stereocenters. The van der Waals surface area contributed by atoms with Gasteiger partial charge in [0, 0.05) is 71.8 Å². The number of nitrogens with one attached hydrogen (secondary N) is 2. The number of aryl methyl sites for hydroxylation is 2. The number of nitrogens with zero attached hydrogens (tertiary/aromatic N) is 3. The minimum absolute atomic E-state index is 0.403. The number of halogens is 6. The third kappa shape index (κ3) is 17.9. The molecule has 0 bridgehead atoms. The lowest BCUT2D eigenvalue weighted by atomic mass is 10.1. The van der Waals surface area contributed by atoms with Crippen molar-refractivity contribution >= 4 is 41.2 Å². The van der Waals surface area contributed by atoms with Crippen molar-refractivity contribution in [3.8, 4) is 5.75 Å². The van der Waals surface area contributed by atoms with Gasteiger partial charge in [0.1, 0.15) is 29.6 Å². The average molecular weight is 904 g/mol. The monoisotopic (exact) mass is 903 g/mol. The van der Waals surface area contributed by atoms with E-state index in [4.69, 9.17) is 24.5 Å². The molecule has 5 rings (SSSR count). The second kappa shape index (κ2) is 25.2. The van der Waals surface area contributed by atoms with Crippen LogP contribution in [0, 0.1) is 13.8 Å². The number of ether oxygens (including phenoxy) is 1. The van der Waals surface area contributed by atoms with Crippen LogP contribution >= 0.6 is 0 Å². The number of pyridine rings is 1. The number of hydrogen-bond acceptors (Lipinski definition) is 10. The van der Waals surface area contributed by atoms with Crippen LogP contribution in [0.15, 0.2) is 82.4 Å². The number of unbranched alkanes of at least 4 members (excludes halogenated alkanes) is 1. The fourth-order valence-corrected chi connectivity index (χ4v) is 6.55. The third-order valence-electron chi connectivity index (χ3n) is 9.84. The summed E-state index contributed by atoms with van der Waals surface area (Å²) in [5, 5.41) is 22.3. The van der Waals surface area contributed by atoms with Crippen LogP contribution < -0.4 is 40.8 Å². The second-order valence-corrected chi connectivity index (χ2v) is 15.2. The first-order valence-electron chi connectivity index (χ1n) is 20.6. The molecule has 1 aliphatic heterocycles. The number of likely N-dealkylation sites (tertiary alicyclic amines) is 1. The highest BCUT2D eigenvalue weighted by molar-refractivity contribution is 5.74. The first-order valence-corrected chi connectivity index (χ1v) is 20.6. The number of alkyl halides is 6. The molecular weight excluding hydrogens is 849 g/mol. The highest BCUT2D eigenvalue weighted by Gasteiger charge is 2.38. The standard InChI is InChI=1S/C42H53N5O3.2C2HF3O2/c1-32-28-35(15-7-6-14-34-18-20-37(21-19-34)45(3)4)29-33(2)47(32)26-11-8-22-43-39-40(42(49)41(39)48)44-23-13-27-50-38-17-12-16-36(30-38)31-46-24-9-5-10-25-46;2*3-2(4,5)1(6)7/h6-7,12,14-21,28-30H,5,8-11,13,22-27,31H2,1-4H3,(H-,43,44,48,49);2*(H,6,7). The van der Waals surface area contributed by atoms with Gasteiger partial charge in [0.15, 0.2) is 11.4 Å². The molecule has 0 saturated carbocycles. The molecule has 1 fully saturated rings. The molecule has 18 heteroatoms. The lowest BCUT2D eigenvalue weighted by molar-refractivity contribution is -0.708. The molecule has 3 aromatic carbocycles. The molecule has 348 valence electrons. The van der Waals surface area contributed by atoms with Crippen LogP contribution in [0.1, 0.15) is 66.6 Å². The van der Waals surface area contributed by atoms with Gasteiger partial charge in [-0.15, -0.1) is 0 Å². The van der Waals surface area contributed by atoms with Crippen molar-refractivity contribution in [2.24, 2.45) is 0 Å². The predicted octanol–water partition coefficient (Wildman–Crippen LogP) is 6.67. The van der Waals surface area contributed by atoms with Crippen LogP contribution in [-0.4, -0.2) is 81.2 Å². The smallest absolute Gasteiger partial charge is 0.490 e. The van der Waals surface area contributed by atoms with E-state index in [0.717, 1.165) is 38.1 Å². The number of carboxylic acids is 2. The Kier molecular flexibility index (Phi) is 20.5. The minimum Gasteiger partial charge on any atom is -0.542 e. The summed E-state index contributed by atoms with van der Waals surface area (Å²) in [5.41, 5.74) is 7.18. The van der Waals surface area contributed by atoms with Gasteiger partial charge in [-0.25, -0.2) is 9.36 Å². The number of carboxylic acid groups (broad SMARTS) is 2. The molecule has 1 saturated heterocycles. The highest BCUT2D eigenvalue weighted by Crippen LogP contribution is 2.19. The van der Waals surface area contributed by atoms with Gasteiger partial charge in [0.2, 0.25) is 0 Å². The second-order valence-electron chi connectivity index (χ2n) is 15.2. The maximum atomic E-state index is 12.3. The Morgan fingerprint density at radius 3 is 1.84 bits per heavy atom. The van der Waals surface area contributed by atoms with Gasteiger partial charge < -0.3 is 35.3 Å². The van der Waals surface area contributed by atoms with Crippen LogP contribution in [0.4, 0.5) is 43.4 Å². The molecule has 0 amide bonds. The number of carbonyl (C=O) groups is 2. The Morgan fingerprint density at radius 2 is 1.33 bits per heavy atom. The van der Waals surface area contributed by atoms with Gasteiger partial charge in [-0.05, 0) is 79.7 Å². The number of rotatable bonds is 18. The van der Waals surface area contributed by atoms with Crippen molar-refractivity contribution in [1.29, 1.82) is 0 Å². The number of aromatic nitrogens is 1. The van der Waals surface area contributed by atoms with E-state index < -0.39 is 35.1 Å². The molecule has 0 aliphatic carbocycles. The van der Waals surface area contributed by atoms with Gasteiger partial charge in [-0.1, -0.05) is 55.0 Å². The van der Waals surface area contributed by atoms with E-state index in [1.165, 1.54) is 66.1 Å². The third-order valence-corrected chi connectivity index (χ3v) is 9.84. The lowest BCUT2D eigenvalue weighted by Gasteiger charge is -2.26. The van der Waals surface area contributed by atoms with E-state index in [0.29, 0.717) is 31.1 Å². The van der Waals surface area contributed by atoms with E-state index in [1.54, 1.807) is 0 Å². The zero-order valence-corrected chi connectivity index (χ0v) is 36.3. The van der Waals surface area contributed by atoms with Crippen molar-refractivity contribution in [3.63, 3.8) is 0 Å². The first-order chi connectivity index (χ1) is 30.2. The molecule has 4 aromatic rings. The summed E-state index contributed by atoms with van der Waals surface area (Å²) in [5.74, 6) is -4.89. The SMILES string of the molecule is Cc1cc(/C=C/C=C/c2ccc(N(C)C)cc2)cc(C)[n+]1CCCCNc1c(NCCCOc2cccc(CN3CCCCC3)c2)c(=O)c1=O.O=C(O)C(F)(F)F.O=C([O-])C(F)(F)F. The quantitative estimate of drug-likeness (QED) is 0.0323. The van der Waals surface area contributed by atoms with E-state index >= 15 is 0 Å². The average Bonchev–Trinajstić information content (AvgIpc) is 3.23. The molecule has 1 aromatic heterocycles. The van der Waals surface area contributed by atoms with Gasteiger partial charge in [-0.2, -0.15) is 26.3 Å². The van der Waals surface area contributed by atoms with E-state index in [9.17, 15) is 35.9 Å². The van der Waals surface area contributed by atoms with Crippen LogP contribution in [0.5, 0.6) is 5.75 Å². The van der Waals surface area contributed by atoms with Gasteiger partial charge in [-0.3, -0.25) is 14.5 Å². The number of piperidine rings is 1. The molecule has 3 N–H and O–H groups in total. The number of anilines is 3. The Bertz CT molecular complexity index is 2200. The molecule has 64 heavy (non-hydrogen) atoms. The van der Waals surface area contributed by atoms with Crippen LogP contribution in [-0.2, 0) is 22.7 Å². The van der Waals surface area contributed by atoms with E-state index in [-0.39, 0.29) is 0 Å². The van der Waals surface area contributed by atoms with Crippen LogP contribution in [0.3, 0.4) is 0 Å². The normalized spacial score (nSPS) is 13.2. The Balaban J connectivity index is 0.000000671. The molecule has 0 spiro atoms. The van der Waals surface area contributed by atoms with Gasteiger partial charge >= 0.3 is 18.3 Å². The molecule has 0 unspecified atom stereocenters. The minimum atomic E-state index is -5.19. The number of aliphatic carboxylic acids is 2. The lowest BCUT2D eigenvalue weighted by Crippen LogP contribution is -2.40. The van der Waals surface area contributed by atoms with Crippen LogP contribution in [0.25, 0.3) is 12.2 Å². The Morgan fingerprint density at radius 1 is 0.797 bits per heavy atom. The van der Waals surface area contributed by atoms with Crippen LogP contribution in [0.2, 0.25) is 0 Å². The number of carbonyl (C=O) groups excluding carboxylic acids is 1. The van der Waals surface area contributed by atoms with Crippen molar-refractivity contribution in [2.45, 2.75) is 77.8 Å². The number of benzene rings is 2. The molecule has 0 radical (unpaired) electrons.